The van der Waals surface area contributed by atoms with Gasteiger partial charge in [0.1, 0.15) is 12.5 Å². The van der Waals surface area contributed by atoms with Crippen LogP contribution < -0.4 is 5.32 Å². The second-order valence-corrected chi connectivity index (χ2v) is 5.25. The molecule has 110 valence electrons. The fourth-order valence-electron chi connectivity index (χ4n) is 2.09. The van der Waals surface area contributed by atoms with E-state index in [9.17, 15) is 10.2 Å². The molecule has 18 heavy (non-hydrogen) atoms. The van der Waals surface area contributed by atoms with E-state index in [1.165, 1.54) is 32.1 Å². The maximum Gasteiger partial charge on any atom is 0.106 e. The lowest BCUT2D eigenvalue weighted by molar-refractivity contribution is 0.0311. The van der Waals surface area contributed by atoms with Gasteiger partial charge >= 0.3 is 0 Å². The summed E-state index contributed by atoms with van der Waals surface area (Å²) >= 11 is 0. The molecule has 0 spiro atoms. The van der Waals surface area contributed by atoms with Gasteiger partial charge in [-0.3, -0.25) is 5.32 Å². The Balaban J connectivity index is 3.32. The normalized spacial score (nSPS) is 14.7. The third-order valence-electron chi connectivity index (χ3n) is 3.30. The maximum absolute atomic E-state index is 9.71. The van der Waals surface area contributed by atoms with Crippen molar-refractivity contribution in [3.63, 3.8) is 0 Å². The lowest BCUT2D eigenvalue weighted by atomic mass is 10.1. The molecule has 2 atom stereocenters. The fourth-order valence-corrected chi connectivity index (χ4v) is 2.09. The Kier molecular flexibility index (Phi) is 13.2. The topological polar surface area (TPSA) is 52.5 Å². The Labute approximate surface area is 113 Å². The molecular formula is C15H33NO2. The molecule has 0 radical (unpaired) electrons. The molecular weight excluding hydrogens is 226 g/mol. The number of aliphatic hydroxyl groups excluding tert-OH is 2. The third kappa shape index (κ3) is 12.3. The molecule has 0 aromatic carbocycles. The third-order valence-corrected chi connectivity index (χ3v) is 3.30. The predicted molar refractivity (Wildman–Crippen MR) is 77.3 cm³/mol. The van der Waals surface area contributed by atoms with E-state index in [0.29, 0.717) is 0 Å². The molecule has 3 nitrogen and oxygen atoms in total. The van der Waals surface area contributed by atoms with Gasteiger partial charge in [-0.15, -0.1) is 0 Å². The standard InChI is InChI=1S/C15H33NO2/c1-3-5-7-8-9-11-13-15(18)16-14(17)12-10-6-4-2/h14-18H,3-13H2,1-2H3. The Bertz CT molecular complexity index is 165. The minimum Gasteiger partial charge on any atom is -0.379 e. The van der Waals surface area contributed by atoms with Crippen LogP contribution in [0.25, 0.3) is 0 Å². The molecule has 0 rings (SSSR count). The van der Waals surface area contributed by atoms with E-state index >= 15 is 0 Å². The maximum atomic E-state index is 9.71. The van der Waals surface area contributed by atoms with Crippen molar-refractivity contribution in [2.45, 2.75) is 96.9 Å². The highest BCUT2D eigenvalue weighted by atomic mass is 16.3. The Morgan fingerprint density at radius 3 is 1.61 bits per heavy atom. The van der Waals surface area contributed by atoms with E-state index in [4.69, 9.17) is 0 Å². The van der Waals surface area contributed by atoms with Crippen molar-refractivity contribution in [3.8, 4) is 0 Å². The fraction of sp³-hybridized carbons (Fsp3) is 1.00. The molecule has 3 heteroatoms. The number of aliphatic hydroxyl groups is 2. The lowest BCUT2D eigenvalue weighted by Gasteiger charge is -2.18. The average molecular weight is 259 g/mol. The van der Waals surface area contributed by atoms with Crippen molar-refractivity contribution in [1.29, 1.82) is 0 Å². The van der Waals surface area contributed by atoms with E-state index in [-0.39, 0.29) is 0 Å². The number of hydrogen-bond acceptors (Lipinski definition) is 3. The average Bonchev–Trinajstić information content (AvgIpc) is 2.34. The van der Waals surface area contributed by atoms with E-state index in [1.807, 2.05) is 0 Å². The number of rotatable bonds is 13. The van der Waals surface area contributed by atoms with Crippen LogP contribution in [0.3, 0.4) is 0 Å². The van der Waals surface area contributed by atoms with Crippen LogP contribution in [0.2, 0.25) is 0 Å². The molecule has 0 aliphatic heterocycles. The highest BCUT2D eigenvalue weighted by Crippen LogP contribution is 2.09. The number of nitrogens with one attached hydrogen (secondary N) is 1. The van der Waals surface area contributed by atoms with Crippen molar-refractivity contribution in [2.75, 3.05) is 0 Å². The van der Waals surface area contributed by atoms with Crippen LogP contribution in [0, 0.1) is 0 Å². The summed E-state index contributed by atoms with van der Waals surface area (Å²) in [6, 6.07) is 0. The summed E-state index contributed by atoms with van der Waals surface area (Å²) in [6.45, 7) is 4.36. The molecule has 0 aromatic rings. The van der Waals surface area contributed by atoms with Gasteiger partial charge in [-0.1, -0.05) is 58.8 Å². The molecule has 0 aromatic heterocycles. The minimum atomic E-state index is -0.549. The van der Waals surface area contributed by atoms with Crippen molar-refractivity contribution >= 4 is 0 Å². The van der Waals surface area contributed by atoms with Crippen molar-refractivity contribution in [2.24, 2.45) is 0 Å². The molecule has 3 N–H and O–H groups in total. The van der Waals surface area contributed by atoms with Gasteiger partial charge in [0.15, 0.2) is 0 Å². The summed E-state index contributed by atoms with van der Waals surface area (Å²) in [4.78, 5) is 0. The second-order valence-electron chi connectivity index (χ2n) is 5.25. The minimum absolute atomic E-state index is 0.548. The quantitative estimate of drug-likeness (QED) is 0.350. The summed E-state index contributed by atoms with van der Waals surface area (Å²) in [5.41, 5.74) is 0. The van der Waals surface area contributed by atoms with Gasteiger partial charge in [-0.25, -0.2) is 0 Å². The van der Waals surface area contributed by atoms with Crippen LogP contribution in [0.5, 0.6) is 0 Å². The van der Waals surface area contributed by atoms with Crippen molar-refractivity contribution < 1.29 is 10.2 Å². The summed E-state index contributed by atoms with van der Waals surface area (Å²) < 4.78 is 0. The number of unbranched alkanes of at least 4 members (excludes halogenated alkanes) is 7. The predicted octanol–water partition coefficient (Wildman–Crippen LogP) is 3.54. The van der Waals surface area contributed by atoms with Crippen LogP contribution in [0.1, 0.15) is 84.5 Å². The smallest absolute Gasteiger partial charge is 0.106 e. The first kappa shape index (κ1) is 17.9. The summed E-state index contributed by atoms with van der Waals surface area (Å²) in [6.07, 6.45) is 11.1. The summed E-state index contributed by atoms with van der Waals surface area (Å²) in [5.74, 6) is 0. The molecule has 0 aliphatic carbocycles. The van der Waals surface area contributed by atoms with E-state index in [0.717, 1.165) is 38.5 Å². The molecule has 0 bridgehead atoms. The van der Waals surface area contributed by atoms with Gasteiger partial charge in [0.2, 0.25) is 0 Å². The first-order valence-corrected chi connectivity index (χ1v) is 7.82. The number of hydrogen-bond donors (Lipinski definition) is 3. The van der Waals surface area contributed by atoms with E-state index in [2.05, 4.69) is 19.2 Å². The van der Waals surface area contributed by atoms with Gasteiger partial charge < -0.3 is 10.2 Å². The summed E-state index contributed by atoms with van der Waals surface area (Å²) in [5, 5.41) is 22.2. The zero-order chi connectivity index (χ0) is 13.6. The monoisotopic (exact) mass is 259 g/mol. The summed E-state index contributed by atoms with van der Waals surface area (Å²) in [7, 11) is 0. The molecule has 0 heterocycles. The zero-order valence-electron chi connectivity index (χ0n) is 12.3. The molecule has 0 amide bonds. The van der Waals surface area contributed by atoms with Crippen molar-refractivity contribution in [1.82, 2.24) is 5.32 Å². The van der Waals surface area contributed by atoms with Crippen molar-refractivity contribution in [3.05, 3.63) is 0 Å². The first-order valence-electron chi connectivity index (χ1n) is 7.82. The Morgan fingerprint density at radius 2 is 1.06 bits per heavy atom. The molecule has 0 saturated carbocycles. The molecule has 0 aliphatic rings. The highest BCUT2D eigenvalue weighted by molar-refractivity contribution is 4.59. The first-order chi connectivity index (χ1) is 8.70. The lowest BCUT2D eigenvalue weighted by Crippen LogP contribution is -2.38. The largest absolute Gasteiger partial charge is 0.379 e. The van der Waals surface area contributed by atoms with Gasteiger partial charge in [-0.2, -0.15) is 0 Å². The van der Waals surface area contributed by atoms with Crippen LogP contribution >= 0.6 is 0 Å². The van der Waals surface area contributed by atoms with Gasteiger partial charge in [0.25, 0.3) is 0 Å². The SMILES string of the molecule is CCCCCCCCC(O)NC(O)CCCCC. The Hall–Kier alpha value is -0.120. The molecule has 0 saturated heterocycles. The van der Waals surface area contributed by atoms with Crippen LogP contribution in [0.4, 0.5) is 0 Å². The van der Waals surface area contributed by atoms with Gasteiger partial charge in [0.05, 0.1) is 0 Å². The van der Waals surface area contributed by atoms with Gasteiger partial charge in [0, 0.05) is 0 Å². The molecule has 2 unspecified atom stereocenters. The molecule has 0 fully saturated rings. The second kappa shape index (κ2) is 13.3. The van der Waals surface area contributed by atoms with Crippen LogP contribution in [-0.4, -0.2) is 22.7 Å². The van der Waals surface area contributed by atoms with E-state index < -0.39 is 12.5 Å². The van der Waals surface area contributed by atoms with Gasteiger partial charge in [-0.05, 0) is 25.7 Å². The van der Waals surface area contributed by atoms with Crippen LogP contribution in [-0.2, 0) is 0 Å². The Morgan fingerprint density at radius 1 is 0.667 bits per heavy atom. The van der Waals surface area contributed by atoms with E-state index in [1.54, 1.807) is 0 Å². The highest BCUT2D eigenvalue weighted by Gasteiger charge is 2.09. The zero-order valence-corrected chi connectivity index (χ0v) is 12.3. The van der Waals surface area contributed by atoms with Crippen LogP contribution in [0.15, 0.2) is 0 Å².